The van der Waals surface area contributed by atoms with Gasteiger partial charge in [0.2, 0.25) is 5.88 Å². The first-order chi connectivity index (χ1) is 14.6. The average molecular weight is 408 g/mol. The monoisotopic (exact) mass is 407 g/mol. The van der Waals surface area contributed by atoms with Gasteiger partial charge >= 0.3 is 0 Å². The van der Waals surface area contributed by atoms with Crippen molar-refractivity contribution in [2.75, 3.05) is 18.5 Å². The number of ether oxygens (including phenoxy) is 2. The summed E-state index contributed by atoms with van der Waals surface area (Å²) in [5.74, 6) is 1.85. The van der Waals surface area contributed by atoms with E-state index >= 15 is 0 Å². The Hall–Kier alpha value is -2.96. The van der Waals surface area contributed by atoms with Gasteiger partial charge in [0.15, 0.2) is 0 Å². The number of aromatic nitrogens is 2. The highest BCUT2D eigenvalue weighted by Crippen LogP contribution is 2.38. The third-order valence-corrected chi connectivity index (χ3v) is 4.60. The van der Waals surface area contributed by atoms with Crippen LogP contribution in [-0.2, 0) is 10.3 Å². The maximum Gasteiger partial charge on any atom is 0.225 e. The zero-order chi connectivity index (χ0) is 21.2. The number of anilines is 2. The van der Waals surface area contributed by atoms with Gasteiger partial charge in [0.1, 0.15) is 11.6 Å². The first kappa shape index (κ1) is 21.7. The quantitative estimate of drug-likeness (QED) is 0.588. The Kier molecular flexibility index (Phi) is 7.76. The van der Waals surface area contributed by atoms with E-state index in [-0.39, 0.29) is 0 Å². The summed E-state index contributed by atoms with van der Waals surface area (Å²) >= 11 is 0. The summed E-state index contributed by atoms with van der Waals surface area (Å²) in [5, 5.41) is 14.2. The molecular formula is C24H29N3O3. The Bertz CT molecular complexity index is 895. The highest BCUT2D eigenvalue weighted by atomic mass is 16.5. The highest BCUT2D eigenvalue weighted by Gasteiger charge is 2.35. The molecule has 1 aliphatic rings. The number of nitrogens with zero attached hydrogens (tertiary/aromatic N) is 2. The molecule has 30 heavy (non-hydrogen) atoms. The summed E-state index contributed by atoms with van der Waals surface area (Å²) in [6.45, 7) is 5.30. The van der Waals surface area contributed by atoms with Crippen molar-refractivity contribution in [1.82, 2.24) is 9.97 Å². The second kappa shape index (κ2) is 10.7. The van der Waals surface area contributed by atoms with Crippen molar-refractivity contribution in [3.8, 4) is 11.6 Å². The van der Waals surface area contributed by atoms with E-state index in [4.69, 9.17) is 9.47 Å². The van der Waals surface area contributed by atoms with Gasteiger partial charge in [0, 0.05) is 49.7 Å². The van der Waals surface area contributed by atoms with Gasteiger partial charge in [0.05, 0.1) is 5.60 Å². The molecule has 0 saturated carbocycles. The van der Waals surface area contributed by atoms with Crippen molar-refractivity contribution in [3.63, 3.8) is 0 Å². The largest absolute Gasteiger partial charge is 0.439 e. The molecule has 2 N–H and O–H groups in total. The summed E-state index contributed by atoms with van der Waals surface area (Å²) in [4.78, 5) is 8.58. The second-order valence-electron chi connectivity index (χ2n) is 7.17. The van der Waals surface area contributed by atoms with Gasteiger partial charge in [-0.15, -0.1) is 0 Å². The van der Waals surface area contributed by atoms with Crippen LogP contribution >= 0.6 is 0 Å². The molecule has 6 nitrogen and oxygen atoms in total. The van der Waals surface area contributed by atoms with Crippen LogP contribution in [0.15, 0.2) is 67.0 Å². The zero-order valence-corrected chi connectivity index (χ0v) is 17.5. The number of hydrogen-bond donors (Lipinski definition) is 2. The molecule has 0 atom stereocenters. The first-order valence-electron chi connectivity index (χ1n) is 10.4. The van der Waals surface area contributed by atoms with E-state index in [1.165, 1.54) is 6.42 Å². The van der Waals surface area contributed by atoms with Gasteiger partial charge in [-0.05, 0) is 48.5 Å². The fraction of sp³-hybridized carbons (Fsp3) is 0.333. The van der Waals surface area contributed by atoms with Gasteiger partial charge in [-0.25, -0.2) is 9.97 Å². The van der Waals surface area contributed by atoms with E-state index in [9.17, 15) is 5.11 Å². The molecular weight excluding hydrogens is 378 g/mol. The molecule has 2 aromatic heterocycles. The molecule has 0 amide bonds. The van der Waals surface area contributed by atoms with E-state index in [2.05, 4.69) is 29.1 Å². The maximum atomic E-state index is 11.0. The van der Waals surface area contributed by atoms with Gasteiger partial charge < -0.3 is 19.9 Å². The Labute approximate surface area is 177 Å². The van der Waals surface area contributed by atoms with Crippen LogP contribution in [0.3, 0.4) is 0 Å². The number of nitrogens with one attached hydrogen (secondary N) is 1. The first-order valence-corrected chi connectivity index (χ1v) is 10.4. The molecule has 158 valence electrons. The molecule has 0 unspecified atom stereocenters. The topological polar surface area (TPSA) is 76.5 Å². The van der Waals surface area contributed by atoms with Gasteiger partial charge in [-0.3, -0.25) is 0 Å². The predicted octanol–water partition coefficient (Wildman–Crippen LogP) is 5.43. The molecule has 1 saturated heterocycles. The lowest BCUT2D eigenvalue weighted by Crippen LogP contribution is -2.33. The van der Waals surface area contributed by atoms with Crippen molar-refractivity contribution < 1.29 is 14.6 Å². The van der Waals surface area contributed by atoms with Gasteiger partial charge in [-0.1, -0.05) is 26.3 Å². The van der Waals surface area contributed by atoms with Gasteiger partial charge in [-0.2, -0.15) is 0 Å². The summed E-state index contributed by atoms with van der Waals surface area (Å²) < 4.78 is 11.4. The van der Waals surface area contributed by atoms with Crippen LogP contribution in [-0.4, -0.2) is 28.3 Å². The standard InChI is InChI=1S/C21H21N3O3.C3H8/c25-21(10-14-26-15-11-21)18-4-3-13-23-20(18)27-17-8-6-16(7-9-17)24-19-5-1-2-12-22-19;1-3-2/h1-9,12-13,25H,10-11,14-15H2,(H,22,24);3H2,1-2H3. The molecule has 6 heteroatoms. The fourth-order valence-electron chi connectivity index (χ4n) is 3.11. The molecule has 1 aliphatic heterocycles. The number of hydrogen-bond acceptors (Lipinski definition) is 6. The maximum absolute atomic E-state index is 11.0. The molecule has 1 fully saturated rings. The Morgan fingerprint density at radius 1 is 0.967 bits per heavy atom. The van der Waals surface area contributed by atoms with E-state index < -0.39 is 5.60 Å². The summed E-state index contributed by atoms with van der Waals surface area (Å²) in [6.07, 6.45) is 5.71. The van der Waals surface area contributed by atoms with Crippen LogP contribution in [0.5, 0.6) is 11.6 Å². The van der Waals surface area contributed by atoms with Crippen LogP contribution in [0.1, 0.15) is 38.7 Å². The highest BCUT2D eigenvalue weighted by molar-refractivity contribution is 5.57. The number of aliphatic hydroxyl groups is 1. The predicted molar refractivity (Wildman–Crippen MR) is 118 cm³/mol. The second-order valence-corrected chi connectivity index (χ2v) is 7.17. The fourth-order valence-corrected chi connectivity index (χ4v) is 3.11. The van der Waals surface area contributed by atoms with E-state index in [1.807, 2.05) is 54.6 Å². The van der Waals surface area contributed by atoms with Gasteiger partial charge in [0.25, 0.3) is 0 Å². The molecule has 3 heterocycles. The van der Waals surface area contributed by atoms with Crippen molar-refractivity contribution >= 4 is 11.5 Å². The zero-order valence-electron chi connectivity index (χ0n) is 17.5. The third-order valence-electron chi connectivity index (χ3n) is 4.60. The van der Waals surface area contributed by atoms with Crippen LogP contribution in [0, 0.1) is 0 Å². The number of benzene rings is 1. The summed E-state index contributed by atoms with van der Waals surface area (Å²) in [5.41, 5.74) is 0.636. The molecule has 4 rings (SSSR count). The van der Waals surface area contributed by atoms with Crippen molar-refractivity contribution in [3.05, 3.63) is 72.6 Å². The molecule has 1 aromatic carbocycles. The minimum absolute atomic E-state index is 0.423. The minimum atomic E-state index is -0.970. The summed E-state index contributed by atoms with van der Waals surface area (Å²) in [6, 6.07) is 16.9. The average Bonchev–Trinajstić information content (AvgIpc) is 2.77. The number of rotatable bonds is 5. The van der Waals surface area contributed by atoms with Crippen molar-refractivity contribution in [2.24, 2.45) is 0 Å². The summed E-state index contributed by atoms with van der Waals surface area (Å²) in [7, 11) is 0. The van der Waals surface area contributed by atoms with Crippen LogP contribution in [0.25, 0.3) is 0 Å². The van der Waals surface area contributed by atoms with Crippen LogP contribution in [0.4, 0.5) is 11.5 Å². The molecule has 0 bridgehead atoms. The van der Waals surface area contributed by atoms with Crippen LogP contribution in [0.2, 0.25) is 0 Å². The molecule has 3 aromatic rings. The lowest BCUT2D eigenvalue weighted by atomic mass is 9.87. The number of pyridine rings is 2. The smallest absolute Gasteiger partial charge is 0.225 e. The van der Waals surface area contributed by atoms with E-state index in [0.29, 0.717) is 43.2 Å². The third kappa shape index (κ3) is 5.78. The molecule has 0 radical (unpaired) electrons. The lowest BCUT2D eigenvalue weighted by Gasteiger charge is -2.33. The van der Waals surface area contributed by atoms with Crippen molar-refractivity contribution in [2.45, 2.75) is 38.7 Å². The SMILES string of the molecule is CCC.OC1(c2cccnc2Oc2ccc(Nc3ccccn3)cc2)CCOCC1. The Balaban J connectivity index is 0.000000806. The van der Waals surface area contributed by atoms with Crippen LogP contribution < -0.4 is 10.1 Å². The molecule has 0 spiro atoms. The van der Waals surface area contributed by atoms with E-state index in [1.54, 1.807) is 12.4 Å². The van der Waals surface area contributed by atoms with E-state index in [0.717, 1.165) is 11.5 Å². The Morgan fingerprint density at radius 2 is 1.67 bits per heavy atom. The Morgan fingerprint density at radius 3 is 2.33 bits per heavy atom. The van der Waals surface area contributed by atoms with Crippen molar-refractivity contribution in [1.29, 1.82) is 0 Å². The molecule has 0 aliphatic carbocycles. The minimum Gasteiger partial charge on any atom is -0.439 e. The lowest BCUT2D eigenvalue weighted by molar-refractivity contribution is -0.0690. The normalized spacial score (nSPS) is 14.9.